The molecule has 4 rings (SSSR count). The number of amides is 1. The van der Waals surface area contributed by atoms with Crippen molar-refractivity contribution in [3.8, 4) is 11.6 Å². The van der Waals surface area contributed by atoms with Gasteiger partial charge in [-0.05, 0) is 31.2 Å². The van der Waals surface area contributed by atoms with Crippen molar-refractivity contribution < 1.29 is 9.21 Å². The van der Waals surface area contributed by atoms with Crippen molar-refractivity contribution in [2.24, 2.45) is 4.99 Å². The fourth-order valence-electron chi connectivity index (χ4n) is 3.37. The van der Waals surface area contributed by atoms with Crippen molar-refractivity contribution in [2.75, 3.05) is 24.5 Å². The summed E-state index contributed by atoms with van der Waals surface area (Å²) in [7, 11) is 0. The summed E-state index contributed by atoms with van der Waals surface area (Å²) in [6.07, 6.45) is 2.65. The minimum Gasteiger partial charge on any atom is -0.461 e. The lowest BCUT2D eigenvalue weighted by Crippen LogP contribution is -2.44. The molecular weight excluding hydrogens is 509 g/mol. The molecule has 0 aliphatic carbocycles. The number of hydrogen-bond acceptors (Lipinski definition) is 5. The summed E-state index contributed by atoms with van der Waals surface area (Å²) in [5, 5.41) is 13.7. The van der Waals surface area contributed by atoms with E-state index in [9.17, 15) is 4.79 Å². The zero-order chi connectivity index (χ0) is 20.8. The minimum atomic E-state index is 0. The third kappa shape index (κ3) is 5.84. The second kappa shape index (κ2) is 10.9. The maximum absolute atomic E-state index is 12.4. The van der Waals surface area contributed by atoms with Gasteiger partial charge in [0.25, 0.3) is 0 Å². The van der Waals surface area contributed by atoms with Gasteiger partial charge in [0.1, 0.15) is 5.82 Å². The normalized spacial score (nSPS) is 16.3. The average Bonchev–Trinajstić information content (AvgIpc) is 3.50. The van der Waals surface area contributed by atoms with Crippen LogP contribution in [-0.4, -0.2) is 52.7 Å². The van der Waals surface area contributed by atoms with E-state index in [-0.39, 0.29) is 35.9 Å². The van der Waals surface area contributed by atoms with Crippen molar-refractivity contribution in [2.45, 2.75) is 25.8 Å². The third-order valence-electron chi connectivity index (χ3n) is 4.77. The Morgan fingerprint density at radius 1 is 1.29 bits per heavy atom. The highest BCUT2D eigenvalue weighted by Gasteiger charge is 2.31. The topological polar surface area (TPSA) is 111 Å². The van der Waals surface area contributed by atoms with E-state index in [4.69, 9.17) is 4.42 Å². The average molecular weight is 535 g/mol. The fraction of sp³-hybridized carbons (Fsp3) is 0.333. The van der Waals surface area contributed by atoms with Gasteiger partial charge in [-0.2, -0.15) is 5.10 Å². The summed E-state index contributed by atoms with van der Waals surface area (Å²) < 4.78 is 5.31. The highest BCUT2D eigenvalue weighted by atomic mass is 127. The number of para-hydroxylation sites is 1. The van der Waals surface area contributed by atoms with E-state index < -0.39 is 0 Å². The molecule has 10 heteroatoms. The zero-order valence-corrected chi connectivity index (χ0v) is 19.6. The van der Waals surface area contributed by atoms with E-state index in [1.165, 1.54) is 0 Å². The molecule has 1 aliphatic heterocycles. The third-order valence-corrected chi connectivity index (χ3v) is 4.77. The number of hydrogen-bond donors (Lipinski definition) is 3. The fourth-order valence-corrected chi connectivity index (χ4v) is 3.37. The van der Waals surface area contributed by atoms with E-state index in [1.54, 1.807) is 12.3 Å². The van der Waals surface area contributed by atoms with Crippen LogP contribution in [0.25, 0.3) is 11.6 Å². The molecule has 1 atom stereocenters. The zero-order valence-electron chi connectivity index (χ0n) is 17.2. The van der Waals surface area contributed by atoms with Crippen LogP contribution >= 0.6 is 24.0 Å². The van der Waals surface area contributed by atoms with Crippen molar-refractivity contribution >= 4 is 41.5 Å². The lowest BCUT2D eigenvalue weighted by Gasteiger charge is -2.19. The largest absolute Gasteiger partial charge is 0.461 e. The molecular formula is C21H26IN7O2. The molecule has 1 fully saturated rings. The van der Waals surface area contributed by atoms with Crippen LogP contribution in [0.1, 0.15) is 19.2 Å². The summed E-state index contributed by atoms with van der Waals surface area (Å²) >= 11 is 0. The first kappa shape index (κ1) is 22.8. The number of aromatic amines is 1. The molecule has 0 radical (unpaired) electrons. The van der Waals surface area contributed by atoms with E-state index in [1.807, 2.05) is 48.2 Å². The number of carbonyl (C=O) groups excluding carboxylic acids is 1. The second-order valence-electron chi connectivity index (χ2n) is 6.98. The number of furan rings is 1. The molecule has 0 saturated carbocycles. The number of H-pyrrole nitrogens is 1. The van der Waals surface area contributed by atoms with Crippen LogP contribution in [0.3, 0.4) is 0 Å². The molecule has 1 aliphatic rings. The molecule has 31 heavy (non-hydrogen) atoms. The van der Waals surface area contributed by atoms with E-state index in [2.05, 4.69) is 30.8 Å². The van der Waals surface area contributed by atoms with Crippen molar-refractivity contribution in [3.63, 3.8) is 0 Å². The number of benzene rings is 1. The van der Waals surface area contributed by atoms with Gasteiger partial charge in [-0.1, -0.05) is 18.2 Å². The number of aromatic nitrogens is 3. The SMILES string of the molecule is CCNC(=NCCc1nc(-c2ccco2)n[nH]1)NC1CC(=O)N(c2ccccc2)C1.I. The van der Waals surface area contributed by atoms with Gasteiger partial charge in [0.15, 0.2) is 11.7 Å². The molecule has 3 heterocycles. The van der Waals surface area contributed by atoms with Gasteiger partial charge >= 0.3 is 0 Å². The Morgan fingerprint density at radius 2 is 2.13 bits per heavy atom. The molecule has 1 amide bonds. The first-order valence-corrected chi connectivity index (χ1v) is 10.1. The van der Waals surface area contributed by atoms with Crippen molar-refractivity contribution in [3.05, 3.63) is 54.6 Å². The van der Waals surface area contributed by atoms with Gasteiger partial charge in [0, 0.05) is 38.2 Å². The molecule has 1 aromatic carbocycles. The summed E-state index contributed by atoms with van der Waals surface area (Å²) in [5.74, 6) is 2.71. The minimum absolute atomic E-state index is 0. The first-order valence-electron chi connectivity index (χ1n) is 10.1. The van der Waals surface area contributed by atoms with Crippen LogP contribution in [0.15, 0.2) is 58.1 Å². The number of nitrogens with zero attached hydrogens (tertiary/aromatic N) is 4. The Bertz CT molecular complexity index is 988. The predicted octanol–water partition coefficient (Wildman–Crippen LogP) is 2.59. The van der Waals surface area contributed by atoms with E-state index in [0.29, 0.717) is 43.5 Å². The van der Waals surface area contributed by atoms with Gasteiger partial charge < -0.3 is 20.0 Å². The quantitative estimate of drug-likeness (QED) is 0.244. The van der Waals surface area contributed by atoms with Crippen molar-refractivity contribution in [1.82, 2.24) is 25.8 Å². The Morgan fingerprint density at radius 3 is 2.87 bits per heavy atom. The number of anilines is 1. The molecule has 1 saturated heterocycles. The Labute approximate surface area is 197 Å². The first-order chi connectivity index (χ1) is 14.7. The maximum atomic E-state index is 12.4. The molecule has 3 aromatic rings. The summed E-state index contributed by atoms with van der Waals surface area (Å²) in [4.78, 5) is 23.3. The number of guanidine groups is 1. The van der Waals surface area contributed by atoms with Gasteiger partial charge in [-0.25, -0.2) is 4.98 Å². The molecule has 164 valence electrons. The number of nitrogens with one attached hydrogen (secondary N) is 3. The smallest absolute Gasteiger partial charge is 0.229 e. The Balaban J connectivity index is 0.00000272. The van der Waals surface area contributed by atoms with Crippen LogP contribution in [0.5, 0.6) is 0 Å². The summed E-state index contributed by atoms with van der Waals surface area (Å²) in [5.41, 5.74) is 0.923. The highest BCUT2D eigenvalue weighted by molar-refractivity contribution is 14.0. The Kier molecular flexibility index (Phi) is 8.04. The van der Waals surface area contributed by atoms with Crippen LogP contribution < -0.4 is 15.5 Å². The lowest BCUT2D eigenvalue weighted by molar-refractivity contribution is -0.117. The summed E-state index contributed by atoms with van der Waals surface area (Å²) in [6.45, 7) is 3.90. The van der Waals surface area contributed by atoms with Gasteiger partial charge in [-0.3, -0.25) is 14.9 Å². The van der Waals surface area contributed by atoms with E-state index >= 15 is 0 Å². The van der Waals surface area contributed by atoms with Crippen molar-refractivity contribution in [1.29, 1.82) is 0 Å². The van der Waals surface area contributed by atoms with Gasteiger partial charge in [0.05, 0.1) is 12.3 Å². The molecule has 0 bridgehead atoms. The van der Waals surface area contributed by atoms with Crippen LogP contribution in [0.2, 0.25) is 0 Å². The lowest BCUT2D eigenvalue weighted by atomic mass is 10.2. The van der Waals surface area contributed by atoms with E-state index in [0.717, 1.165) is 18.1 Å². The predicted molar refractivity (Wildman–Crippen MR) is 130 cm³/mol. The Hall–Kier alpha value is -2.89. The number of rotatable bonds is 7. The van der Waals surface area contributed by atoms with Crippen LogP contribution in [0, 0.1) is 0 Å². The highest BCUT2D eigenvalue weighted by Crippen LogP contribution is 2.21. The van der Waals surface area contributed by atoms with Gasteiger partial charge in [-0.15, -0.1) is 24.0 Å². The molecule has 9 nitrogen and oxygen atoms in total. The number of aliphatic imine (C=N–C) groups is 1. The number of carbonyl (C=O) groups is 1. The molecule has 0 spiro atoms. The summed E-state index contributed by atoms with van der Waals surface area (Å²) in [6, 6.07) is 13.4. The maximum Gasteiger partial charge on any atom is 0.229 e. The van der Waals surface area contributed by atoms with Crippen LogP contribution in [-0.2, 0) is 11.2 Å². The molecule has 2 aromatic heterocycles. The second-order valence-corrected chi connectivity index (χ2v) is 6.98. The van der Waals surface area contributed by atoms with Gasteiger partial charge in [0.2, 0.25) is 11.7 Å². The standard InChI is InChI=1S/C21H25N7O2.HI/c1-2-22-21(23-11-10-18-25-20(27-26-18)17-9-6-12-30-17)24-15-13-19(29)28(14-15)16-7-4-3-5-8-16;/h3-9,12,15H,2,10-11,13-14H2,1H3,(H2,22,23,24)(H,25,26,27);1H. The number of halogens is 1. The monoisotopic (exact) mass is 535 g/mol. The van der Waals surface area contributed by atoms with Crippen LogP contribution in [0.4, 0.5) is 5.69 Å². The molecule has 1 unspecified atom stereocenters. The molecule has 3 N–H and O–H groups in total.